The Balaban J connectivity index is 3.27. The van der Waals surface area contributed by atoms with Crippen molar-refractivity contribution in [2.45, 2.75) is 0 Å². The highest BCUT2D eigenvalue weighted by molar-refractivity contribution is 6.33. The van der Waals surface area contributed by atoms with Crippen molar-refractivity contribution in [2.24, 2.45) is 0 Å². The normalized spacial score (nSPS) is 9.55. The van der Waals surface area contributed by atoms with Crippen molar-refractivity contribution < 1.29 is 4.92 Å². The third-order valence-corrected chi connectivity index (χ3v) is 1.42. The fourth-order valence-corrected chi connectivity index (χ4v) is 0.733. The van der Waals surface area contributed by atoms with E-state index < -0.39 is 4.92 Å². The summed E-state index contributed by atoms with van der Waals surface area (Å²) in [7, 11) is 0. The van der Waals surface area contributed by atoms with Gasteiger partial charge in [0, 0.05) is 6.20 Å². The van der Waals surface area contributed by atoms with Crippen molar-refractivity contribution >= 4 is 23.0 Å². The zero-order valence-corrected chi connectivity index (χ0v) is 6.08. The SMILES string of the molecule is Nc1c(Cl)cncc1[N+](=O)[O-]. The van der Waals surface area contributed by atoms with E-state index in [2.05, 4.69) is 4.98 Å². The van der Waals surface area contributed by atoms with Crippen LogP contribution in [0.15, 0.2) is 12.4 Å². The van der Waals surface area contributed by atoms with Gasteiger partial charge >= 0.3 is 5.69 Å². The van der Waals surface area contributed by atoms with Crippen LogP contribution >= 0.6 is 11.6 Å². The number of nitro groups is 1. The van der Waals surface area contributed by atoms with Gasteiger partial charge in [-0.2, -0.15) is 0 Å². The van der Waals surface area contributed by atoms with Crippen molar-refractivity contribution in [3.05, 3.63) is 27.5 Å². The largest absolute Gasteiger partial charge is 0.392 e. The Bertz CT molecular complexity index is 302. The van der Waals surface area contributed by atoms with Gasteiger partial charge in [-0.1, -0.05) is 11.6 Å². The molecule has 0 aromatic carbocycles. The number of nitrogen functional groups attached to an aromatic ring is 1. The number of pyridine rings is 1. The van der Waals surface area contributed by atoms with Crippen LogP contribution in [0.5, 0.6) is 0 Å². The van der Waals surface area contributed by atoms with E-state index in [9.17, 15) is 10.1 Å². The summed E-state index contributed by atoms with van der Waals surface area (Å²) in [5, 5.41) is 10.3. The van der Waals surface area contributed by atoms with Crippen LogP contribution < -0.4 is 5.73 Å². The topological polar surface area (TPSA) is 82.0 Å². The van der Waals surface area contributed by atoms with Gasteiger partial charge in [0.05, 0.1) is 9.95 Å². The van der Waals surface area contributed by atoms with Crippen LogP contribution in [0.25, 0.3) is 0 Å². The van der Waals surface area contributed by atoms with E-state index in [1.165, 1.54) is 6.20 Å². The molecule has 1 rings (SSSR count). The minimum atomic E-state index is -0.631. The van der Waals surface area contributed by atoms with Gasteiger partial charge in [0.2, 0.25) is 0 Å². The van der Waals surface area contributed by atoms with E-state index in [0.717, 1.165) is 6.20 Å². The maximum absolute atomic E-state index is 10.2. The van der Waals surface area contributed by atoms with E-state index in [-0.39, 0.29) is 16.4 Å². The zero-order chi connectivity index (χ0) is 8.43. The van der Waals surface area contributed by atoms with Gasteiger partial charge in [0.15, 0.2) is 0 Å². The highest BCUT2D eigenvalue weighted by Gasteiger charge is 2.13. The van der Waals surface area contributed by atoms with Crippen LogP contribution in [0.2, 0.25) is 5.02 Å². The fourth-order valence-electron chi connectivity index (χ4n) is 0.580. The Kier molecular flexibility index (Phi) is 1.91. The molecule has 0 aliphatic carbocycles. The molecule has 0 atom stereocenters. The molecule has 0 aliphatic rings. The van der Waals surface area contributed by atoms with Gasteiger partial charge in [0.25, 0.3) is 0 Å². The highest BCUT2D eigenvalue weighted by atomic mass is 35.5. The van der Waals surface area contributed by atoms with Gasteiger partial charge in [-0.15, -0.1) is 0 Å². The lowest BCUT2D eigenvalue weighted by atomic mass is 10.4. The van der Waals surface area contributed by atoms with Crippen molar-refractivity contribution in [1.82, 2.24) is 4.98 Å². The molecular formula is C5H4ClN3O2. The smallest absolute Gasteiger partial charge is 0.311 e. The Morgan fingerprint density at radius 2 is 2.27 bits per heavy atom. The van der Waals surface area contributed by atoms with Crippen LogP contribution in [0.1, 0.15) is 0 Å². The molecule has 1 aromatic rings. The highest BCUT2D eigenvalue weighted by Crippen LogP contribution is 2.26. The fraction of sp³-hybridized carbons (Fsp3) is 0. The third kappa shape index (κ3) is 1.38. The van der Waals surface area contributed by atoms with E-state index >= 15 is 0 Å². The summed E-state index contributed by atoms with van der Waals surface area (Å²) < 4.78 is 0. The summed E-state index contributed by atoms with van der Waals surface area (Å²) >= 11 is 5.47. The number of aromatic nitrogens is 1. The molecule has 0 saturated carbocycles. The lowest BCUT2D eigenvalue weighted by Crippen LogP contribution is -1.96. The molecule has 0 unspecified atom stereocenters. The molecule has 0 bridgehead atoms. The van der Waals surface area contributed by atoms with Gasteiger partial charge < -0.3 is 5.73 Å². The first-order valence-corrected chi connectivity index (χ1v) is 3.04. The van der Waals surface area contributed by atoms with Gasteiger partial charge in [-0.05, 0) is 0 Å². The number of anilines is 1. The minimum absolute atomic E-state index is 0.0494. The first-order valence-electron chi connectivity index (χ1n) is 2.66. The first-order chi connectivity index (χ1) is 5.13. The van der Waals surface area contributed by atoms with Crippen molar-refractivity contribution in [2.75, 3.05) is 5.73 Å². The number of rotatable bonds is 1. The molecule has 11 heavy (non-hydrogen) atoms. The number of nitrogens with two attached hydrogens (primary N) is 1. The van der Waals surface area contributed by atoms with Crippen LogP contribution in [0.4, 0.5) is 11.4 Å². The number of nitrogens with zero attached hydrogens (tertiary/aromatic N) is 2. The molecular weight excluding hydrogens is 170 g/mol. The number of hydrogen-bond acceptors (Lipinski definition) is 4. The summed E-state index contributed by atoms with van der Waals surface area (Å²) in [5.74, 6) is 0. The molecule has 0 saturated heterocycles. The van der Waals surface area contributed by atoms with E-state index in [1.54, 1.807) is 0 Å². The summed E-state index contributed by atoms with van der Waals surface area (Å²) in [6, 6.07) is 0. The Labute approximate surface area is 66.9 Å². The molecule has 6 heteroatoms. The predicted molar refractivity (Wildman–Crippen MR) is 40.3 cm³/mol. The van der Waals surface area contributed by atoms with E-state index in [1.807, 2.05) is 0 Å². The summed E-state index contributed by atoms with van der Waals surface area (Å²) in [6.07, 6.45) is 2.31. The van der Waals surface area contributed by atoms with Gasteiger partial charge in [0.1, 0.15) is 11.9 Å². The number of halogens is 1. The molecule has 1 heterocycles. The molecule has 0 fully saturated rings. The lowest BCUT2D eigenvalue weighted by molar-refractivity contribution is -0.384. The minimum Gasteiger partial charge on any atom is -0.392 e. The van der Waals surface area contributed by atoms with Gasteiger partial charge in [-0.3, -0.25) is 15.1 Å². The molecule has 0 spiro atoms. The zero-order valence-electron chi connectivity index (χ0n) is 5.32. The molecule has 1 aromatic heterocycles. The van der Waals surface area contributed by atoms with Crippen LogP contribution in [-0.2, 0) is 0 Å². The monoisotopic (exact) mass is 173 g/mol. The second-order valence-electron chi connectivity index (χ2n) is 1.81. The van der Waals surface area contributed by atoms with Crippen LogP contribution in [0.3, 0.4) is 0 Å². The molecule has 0 aliphatic heterocycles. The molecule has 2 N–H and O–H groups in total. The Morgan fingerprint density at radius 3 is 2.73 bits per heavy atom. The third-order valence-electron chi connectivity index (χ3n) is 1.11. The van der Waals surface area contributed by atoms with E-state index in [4.69, 9.17) is 17.3 Å². The quantitative estimate of drug-likeness (QED) is 0.511. The van der Waals surface area contributed by atoms with Crippen molar-refractivity contribution in [3.8, 4) is 0 Å². The summed E-state index contributed by atoms with van der Waals surface area (Å²) in [6.45, 7) is 0. The number of hydrogen-bond donors (Lipinski definition) is 1. The van der Waals surface area contributed by atoms with Crippen molar-refractivity contribution in [1.29, 1.82) is 0 Å². The van der Waals surface area contributed by atoms with E-state index in [0.29, 0.717) is 0 Å². The van der Waals surface area contributed by atoms with Crippen LogP contribution in [-0.4, -0.2) is 9.91 Å². The lowest BCUT2D eigenvalue weighted by Gasteiger charge is -1.96. The molecule has 5 nitrogen and oxygen atoms in total. The predicted octanol–water partition coefficient (Wildman–Crippen LogP) is 1.23. The Hall–Kier alpha value is -1.36. The average molecular weight is 174 g/mol. The summed E-state index contributed by atoms with van der Waals surface area (Å²) in [5.41, 5.74) is 4.95. The molecule has 0 radical (unpaired) electrons. The first kappa shape index (κ1) is 7.74. The van der Waals surface area contributed by atoms with Gasteiger partial charge in [-0.25, -0.2) is 0 Å². The maximum Gasteiger partial charge on any atom is 0.311 e. The second-order valence-corrected chi connectivity index (χ2v) is 2.22. The molecule has 58 valence electrons. The van der Waals surface area contributed by atoms with Crippen LogP contribution in [0, 0.1) is 10.1 Å². The van der Waals surface area contributed by atoms with Crippen molar-refractivity contribution in [3.63, 3.8) is 0 Å². The maximum atomic E-state index is 10.2. The standard InChI is InChI=1S/C5H4ClN3O2/c6-3-1-8-2-4(5(3)7)9(10)11/h1-2H,(H2,7,8). The average Bonchev–Trinajstić information content (AvgIpc) is 1.94. The summed E-state index contributed by atoms with van der Waals surface area (Å²) in [4.78, 5) is 13.1. The second kappa shape index (κ2) is 2.71. The molecule has 0 amide bonds. The Morgan fingerprint density at radius 1 is 1.64 bits per heavy atom.